The Morgan fingerprint density at radius 2 is 1.47 bits per heavy atom. The molecule has 0 saturated heterocycles. The Bertz CT molecular complexity index is 1050. The minimum atomic E-state index is -2.92. The molecule has 0 fully saturated rings. The van der Waals surface area contributed by atoms with E-state index in [1.165, 1.54) is 42.2 Å². The van der Waals surface area contributed by atoms with E-state index in [0.717, 1.165) is 24.0 Å². The molecule has 1 aliphatic carbocycles. The number of halogens is 2. The molecule has 6 heteroatoms. The summed E-state index contributed by atoms with van der Waals surface area (Å²) in [5.74, 6) is -0.0165. The number of fused-ring (bicyclic) bond motifs is 1. The van der Waals surface area contributed by atoms with Gasteiger partial charge in [0.05, 0.1) is 0 Å². The number of carbonyl (C=O) groups excluding carboxylic acids is 1. The highest BCUT2D eigenvalue weighted by atomic mass is 19.3. The molecule has 0 radical (unpaired) electrons. The van der Waals surface area contributed by atoms with Gasteiger partial charge in [0.25, 0.3) is 0 Å². The summed E-state index contributed by atoms with van der Waals surface area (Å²) in [5.41, 5.74) is 5.97. The van der Waals surface area contributed by atoms with Gasteiger partial charge < -0.3 is 15.4 Å². The minimum Gasteiger partial charge on any atom is -0.435 e. The SMILES string of the molecule is O=C(Nc1cccc(OC(F)F)c1)Nc1cccc(-c2ccc3c(c2)CCCC3)c1. The number of nitrogens with one attached hydrogen (secondary N) is 2. The molecule has 0 saturated carbocycles. The van der Waals surface area contributed by atoms with Crippen molar-refractivity contribution in [3.8, 4) is 16.9 Å². The predicted molar refractivity (Wildman–Crippen MR) is 114 cm³/mol. The van der Waals surface area contributed by atoms with E-state index in [-0.39, 0.29) is 5.75 Å². The van der Waals surface area contributed by atoms with Crippen molar-refractivity contribution in [2.24, 2.45) is 0 Å². The molecule has 2 N–H and O–H groups in total. The Morgan fingerprint density at radius 3 is 2.23 bits per heavy atom. The van der Waals surface area contributed by atoms with E-state index in [1.54, 1.807) is 12.1 Å². The molecule has 4 rings (SSSR count). The standard InChI is InChI=1S/C24H22F2N2O2/c25-23(26)30-22-10-4-9-21(15-22)28-24(29)27-20-8-3-7-18(14-20)19-12-11-16-5-1-2-6-17(16)13-19/h3-4,7-15,23H,1-2,5-6H2,(H2,27,28,29). The van der Waals surface area contributed by atoms with Crippen LogP contribution < -0.4 is 15.4 Å². The van der Waals surface area contributed by atoms with Crippen LogP contribution in [0, 0.1) is 0 Å². The maximum absolute atomic E-state index is 12.4. The first-order valence-electron chi connectivity index (χ1n) is 9.92. The van der Waals surface area contributed by atoms with Crippen LogP contribution in [0.25, 0.3) is 11.1 Å². The molecule has 0 atom stereocenters. The van der Waals surface area contributed by atoms with Gasteiger partial charge in [0.15, 0.2) is 0 Å². The fraction of sp³-hybridized carbons (Fsp3) is 0.208. The van der Waals surface area contributed by atoms with Crippen molar-refractivity contribution in [3.05, 3.63) is 77.9 Å². The first-order valence-corrected chi connectivity index (χ1v) is 9.92. The van der Waals surface area contributed by atoms with E-state index in [4.69, 9.17) is 0 Å². The summed E-state index contributed by atoms with van der Waals surface area (Å²) in [6, 6.07) is 19.6. The molecule has 0 spiro atoms. The van der Waals surface area contributed by atoms with Gasteiger partial charge in [0.2, 0.25) is 0 Å². The normalized spacial score (nSPS) is 12.9. The Hall–Kier alpha value is -3.41. The highest BCUT2D eigenvalue weighted by molar-refractivity contribution is 6.00. The van der Waals surface area contributed by atoms with Crippen molar-refractivity contribution in [2.45, 2.75) is 32.3 Å². The van der Waals surface area contributed by atoms with Crippen molar-refractivity contribution in [1.29, 1.82) is 0 Å². The maximum atomic E-state index is 12.4. The topological polar surface area (TPSA) is 50.4 Å². The summed E-state index contributed by atoms with van der Waals surface area (Å²) >= 11 is 0. The summed E-state index contributed by atoms with van der Waals surface area (Å²) in [6.45, 7) is -2.92. The lowest BCUT2D eigenvalue weighted by Gasteiger charge is -2.17. The number of rotatable bonds is 5. The molecule has 30 heavy (non-hydrogen) atoms. The minimum absolute atomic E-state index is 0.0165. The smallest absolute Gasteiger partial charge is 0.387 e. The Kier molecular flexibility index (Phi) is 5.93. The number of urea groups is 1. The quantitative estimate of drug-likeness (QED) is 0.508. The first kappa shape index (κ1) is 19.9. The van der Waals surface area contributed by atoms with Gasteiger partial charge in [-0.1, -0.05) is 36.4 Å². The van der Waals surface area contributed by atoms with Crippen LogP contribution in [0.4, 0.5) is 25.0 Å². The fourth-order valence-electron chi connectivity index (χ4n) is 3.73. The predicted octanol–water partition coefficient (Wildman–Crippen LogP) is 6.48. The number of ether oxygens (including phenoxy) is 1. The monoisotopic (exact) mass is 408 g/mol. The van der Waals surface area contributed by atoms with Crippen LogP contribution in [0.2, 0.25) is 0 Å². The van der Waals surface area contributed by atoms with E-state index in [9.17, 15) is 13.6 Å². The second-order valence-electron chi connectivity index (χ2n) is 7.26. The number of benzene rings is 3. The molecule has 0 heterocycles. The highest BCUT2D eigenvalue weighted by Gasteiger charge is 2.11. The van der Waals surface area contributed by atoms with Crippen LogP contribution in [0.5, 0.6) is 5.75 Å². The number of carbonyl (C=O) groups is 1. The summed E-state index contributed by atoms with van der Waals surface area (Å²) in [7, 11) is 0. The molecule has 1 aliphatic rings. The Labute approximate surface area is 173 Å². The van der Waals surface area contributed by atoms with Crippen molar-refractivity contribution in [1.82, 2.24) is 0 Å². The van der Waals surface area contributed by atoms with Crippen LogP contribution in [0.3, 0.4) is 0 Å². The van der Waals surface area contributed by atoms with Gasteiger partial charge in [0.1, 0.15) is 5.75 Å². The van der Waals surface area contributed by atoms with Crippen LogP contribution >= 0.6 is 0 Å². The molecule has 2 amide bonds. The molecule has 0 bridgehead atoms. The highest BCUT2D eigenvalue weighted by Crippen LogP contribution is 2.29. The van der Waals surface area contributed by atoms with E-state index in [0.29, 0.717) is 11.4 Å². The Morgan fingerprint density at radius 1 is 0.800 bits per heavy atom. The van der Waals surface area contributed by atoms with E-state index < -0.39 is 12.6 Å². The van der Waals surface area contributed by atoms with E-state index in [1.807, 2.05) is 18.2 Å². The van der Waals surface area contributed by atoms with E-state index in [2.05, 4.69) is 33.6 Å². The fourth-order valence-corrected chi connectivity index (χ4v) is 3.73. The average molecular weight is 408 g/mol. The molecular weight excluding hydrogens is 386 g/mol. The lowest BCUT2D eigenvalue weighted by atomic mass is 9.89. The van der Waals surface area contributed by atoms with Crippen LogP contribution in [-0.2, 0) is 12.8 Å². The molecule has 0 aliphatic heterocycles. The molecule has 0 aromatic heterocycles. The number of aryl methyl sites for hydroxylation is 2. The molecule has 4 nitrogen and oxygen atoms in total. The van der Waals surface area contributed by atoms with Crippen molar-refractivity contribution >= 4 is 17.4 Å². The van der Waals surface area contributed by atoms with Gasteiger partial charge in [-0.3, -0.25) is 0 Å². The number of hydrogen-bond acceptors (Lipinski definition) is 2. The summed E-state index contributed by atoms with van der Waals surface area (Å²) < 4.78 is 29.1. The summed E-state index contributed by atoms with van der Waals surface area (Å²) in [6.07, 6.45) is 4.72. The van der Waals surface area contributed by atoms with Crippen LogP contribution in [-0.4, -0.2) is 12.6 Å². The second kappa shape index (κ2) is 8.95. The largest absolute Gasteiger partial charge is 0.435 e. The third-order valence-corrected chi connectivity index (χ3v) is 5.12. The van der Waals surface area contributed by atoms with Gasteiger partial charge in [0, 0.05) is 17.4 Å². The number of anilines is 2. The van der Waals surface area contributed by atoms with Gasteiger partial charge >= 0.3 is 12.6 Å². The van der Waals surface area contributed by atoms with Gasteiger partial charge in [-0.25, -0.2) is 4.79 Å². The zero-order valence-corrected chi connectivity index (χ0v) is 16.3. The van der Waals surface area contributed by atoms with Crippen LogP contribution in [0.15, 0.2) is 66.7 Å². The number of hydrogen-bond donors (Lipinski definition) is 2. The van der Waals surface area contributed by atoms with Crippen LogP contribution in [0.1, 0.15) is 24.0 Å². The molecule has 0 unspecified atom stereocenters. The molecule has 3 aromatic rings. The van der Waals surface area contributed by atoms with Crippen molar-refractivity contribution in [2.75, 3.05) is 10.6 Å². The number of alkyl halides is 2. The molecular formula is C24H22F2N2O2. The molecule has 154 valence electrons. The third kappa shape index (κ3) is 4.95. The maximum Gasteiger partial charge on any atom is 0.387 e. The first-order chi connectivity index (χ1) is 14.6. The van der Waals surface area contributed by atoms with Gasteiger partial charge in [-0.15, -0.1) is 0 Å². The zero-order valence-electron chi connectivity index (χ0n) is 16.3. The Balaban J connectivity index is 1.45. The summed E-state index contributed by atoms with van der Waals surface area (Å²) in [4.78, 5) is 12.3. The van der Waals surface area contributed by atoms with E-state index >= 15 is 0 Å². The van der Waals surface area contributed by atoms with Crippen molar-refractivity contribution in [3.63, 3.8) is 0 Å². The van der Waals surface area contributed by atoms with Gasteiger partial charge in [-0.2, -0.15) is 8.78 Å². The van der Waals surface area contributed by atoms with Gasteiger partial charge in [-0.05, 0) is 72.2 Å². The number of amides is 2. The summed E-state index contributed by atoms with van der Waals surface area (Å²) in [5, 5.41) is 5.41. The van der Waals surface area contributed by atoms with Crippen molar-refractivity contribution < 1.29 is 18.3 Å². The third-order valence-electron chi connectivity index (χ3n) is 5.12. The average Bonchev–Trinajstić information content (AvgIpc) is 2.73. The second-order valence-corrected chi connectivity index (χ2v) is 7.26. The lowest BCUT2D eigenvalue weighted by Crippen LogP contribution is -2.19. The molecule has 3 aromatic carbocycles. The lowest BCUT2D eigenvalue weighted by molar-refractivity contribution is -0.0497. The zero-order chi connectivity index (χ0) is 20.9.